The van der Waals surface area contributed by atoms with Crippen LogP contribution in [-0.4, -0.2) is 26.7 Å². The van der Waals surface area contributed by atoms with Gasteiger partial charge >= 0.3 is 6.03 Å². The molecule has 1 atom stereocenters. The van der Waals surface area contributed by atoms with E-state index in [9.17, 15) is 9.59 Å². The lowest BCUT2D eigenvalue weighted by Gasteiger charge is -2.22. The summed E-state index contributed by atoms with van der Waals surface area (Å²) in [5, 5.41) is 7.21. The Hall–Kier alpha value is -2.12. The molecular weight excluding hydrogens is 329 g/mol. The molecule has 1 aromatic heterocycles. The second kappa shape index (κ2) is 4.96. The largest absolute Gasteiger partial charge is 0.332 e. The molecule has 1 aliphatic rings. The molecule has 0 spiro atoms. The van der Waals surface area contributed by atoms with Gasteiger partial charge < -0.3 is 5.32 Å². The minimum Gasteiger partial charge on any atom is -0.319 e. The second-order valence-corrected chi connectivity index (χ2v) is 5.82. The molecule has 1 aliphatic heterocycles. The zero-order valence-electron chi connectivity index (χ0n) is 11.7. The van der Waals surface area contributed by atoms with Gasteiger partial charge in [-0.3, -0.25) is 4.79 Å². The van der Waals surface area contributed by atoms with Crippen molar-refractivity contribution in [3.63, 3.8) is 0 Å². The van der Waals surface area contributed by atoms with Crippen LogP contribution in [-0.2, 0) is 17.4 Å². The van der Waals surface area contributed by atoms with Crippen molar-refractivity contribution in [2.75, 3.05) is 4.90 Å². The number of nitrogens with one attached hydrogen (secondary N) is 1. The molecule has 0 saturated carbocycles. The SMILES string of the molecule is Cn1ncnc1N1C(=O)N[C@](C)(c2ccc(Cl)c(Cl)c2)C1=O. The highest BCUT2D eigenvalue weighted by atomic mass is 35.5. The zero-order valence-corrected chi connectivity index (χ0v) is 13.2. The molecule has 22 heavy (non-hydrogen) atoms. The third kappa shape index (κ3) is 2.05. The van der Waals surface area contributed by atoms with Crippen molar-refractivity contribution in [3.8, 4) is 0 Å². The molecule has 0 unspecified atom stereocenters. The summed E-state index contributed by atoms with van der Waals surface area (Å²) >= 11 is 11.9. The molecule has 1 N–H and O–H groups in total. The molecule has 1 aromatic carbocycles. The topological polar surface area (TPSA) is 80.1 Å². The van der Waals surface area contributed by atoms with Crippen LogP contribution in [0.4, 0.5) is 10.7 Å². The standard InChI is InChI=1S/C13H11Cl2N5O2/c1-13(7-3-4-8(14)9(15)5-7)10(21)20(12(22)18-13)11-16-6-17-19(11)2/h3-6H,1-2H3,(H,18,22)/t13-/m1/s1. The number of aryl methyl sites for hydroxylation is 1. The first-order valence-electron chi connectivity index (χ1n) is 6.31. The first-order chi connectivity index (χ1) is 10.3. The van der Waals surface area contributed by atoms with E-state index in [0.717, 1.165) is 4.90 Å². The van der Waals surface area contributed by atoms with Crippen LogP contribution in [0.15, 0.2) is 24.5 Å². The van der Waals surface area contributed by atoms with Crippen molar-refractivity contribution in [3.05, 3.63) is 40.1 Å². The smallest absolute Gasteiger partial charge is 0.319 e. The minimum absolute atomic E-state index is 0.145. The van der Waals surface area contributed by atoms with Crippen LogP contribution in [0, 0.1) is 0 Å². The van der Waals surface area contributed by atoms with Crippen molar-refractivity contribution in [1.29, 1.82) is 0 Å². The Morgan fingerprint density at radius 2 is 1.95 bits per heavy atom. The highest BCUT2D eigenvalue weighted by molar-refractivity contribution is 6.42. The Kier molecular flexibility index (Phi) is 3.34. The number of carbonyl (C=O) groups is 2. The van der Waals surface area contributed by atoms with Gasteiger partial charge in [0.2, 0.25) is 5.95 Å². The van der Waals surface area contributed by atoms with E-state index >= 15 is 0 Å². The van der Waals surface area contributed by atoms with Gasteiger partial charge in [0.25, 0.3) is 5.91 Å². The van der Waals surface area contributed by atoms with Crippen molar-refractivity contribution < 1.29 is 9.59 Å². The van der Waals surface area contributed by atoms with E-state index in [2.05, 4.69) is 15.4 Å². The van der Waals surface area contributed by atoms with Crippen LogP contribution in [0.25, 0.3) is 0 Å². The van der Waals surface area contributed by atoms with E-state index in [1.54, 1.807) is 32.2 Å². The Bertz CT molecular complexity index is 790. The lowest BCUT2D eigenvalue weighted by atomic mass is 9.92. The van der Waals surface area contributed by atoms with Crippen molar-refractivity contribution in [2.45, 2.75) is 12.5 Å². The highest BCUT2D eigenvalue weighted by Gasteiger charge is 2.51. The monoisotopic (exact) mass is 339 g/mol. The maximum Gasteiger partial charge on any atom is 0.332 e. The zero-order chi connectivity index (χ0) is 16.1. The van der Waals surface area contributed by atoms with Gasteiger partial charge in [0, 0.05) is 7.05 Å². The van der Waals surface area contributed by atoms with Gasteiger partial charge in [-0.05, 0) is 24.6 Å². The summed E-state index contributed by atoms with van der Waals surface area (Å²) in [6.45, 7) is 1.60. The minimum atomic E-state index is -1.25. The summed E-state index contributed by atoms with van der Waals surface area (Å²) in [5.41, 5.74) is -0.720. The normalized spacial score (nSPS) is 21.4. The summed E-state index contributed by atoms with van der Waals surface area (Å²) in [6, 6.07) is 4.21. The summed E-state index contributed by atoms with van der Waals surface area (Å²) in [5.74, 6) is -0.321. The highest BCUT2D eigenvalue weighted by Crippen LogP contribution is 2.34. The maximum atomic E-state index is 12.8. The van der Waals surface area contributed by atoms with E-state index in [1.807, 2.05) is 0 Å². The Morgan fingerprint density at radius 3 is 2.55 bits per heavy atom. The molecule has 9 heteroatoms. The van der Waals surface area contributed by atoms with E-state index in [0.29, 0.717) is 15.6 Å². The van der Waals surface area contributed by atoms with Crippen LogP contribution in [0.2, 0.25) is 10.0 Å². The number of amides is 3. The molecule has 1 saturated heterocycles. The summed E-state index contributed by atoms with van der Waals surface area (Å²) in [4.78, 5) is 29.9. The van der Waals surface area contributed by atoms with E-state index in [4.69, 9.17) is 23.2 Å². The lowest BCUT2D eigenvalue weighted by molar-refractivity contribution is -0.121. The number of rotatable bonds is 2. The van der Waals surface area contributed by atoms with Gasteiger partial charge in [-0.1, -0.05) is 29.3 Å². The molecule has 3 rings (SSSR count). The van der Waals surface area contributed by atoms with Gasteiger partial charge in [0.15, 0.2) is 0 Å². The number of benzene rings is 1. The molecule has 3 amide bonds. The maximum absolute atomic E-state index is 12.8. The fraction of sp³-hybridized carbons (Fsp3) is 0.231. The molecule has 0 aliphatic carbocycles. The number of imide groups is 1. The fourth-order valence-corrected chi connectivity index (χ4v) is 2.61. The van der Waals surface area contributed by atoms with Gasteiger partial charge in [-0.2, -0.15) is 15.0 Å². The first kappa shape index (κ1) is 14.8. The lowest BCUT2D eigenvalue weighted by Crippen LogP contribution is -2.41. The van der Waals surface area contributed by atoms with Gasteiger partial charge in [-0.25, -0.2) is 9.48 Å². The Morgan fingerprint density at radius 1 is 1.23 bits per heavy atom. The number of aromatic nitrogens is 3. The van der Waals surface area contributed by atoms with Crippen LogP contribution < -0.4 is 10.2 Å². The second-order valence-electron chi connectivity index (χ2n) is 5.01. The van der Waals surface area contributed by atoms with Crippen LogP contribution >= 0.6 is 23.2 Å². The summed E-state index contributed by atoms with van der Waals surface area (Å²) < 4.78 is 1.35. The Balaban J connectivity index is 2.06. The average molecular weight is 340 g/mol. The van der Waals surface area contributed by atoms with Gasteiger partial charge in [0.1, 0.15) is 11.9 Å². The summed E-state index contributed by atoms with van der Waals surface area (Å²) in [6.07, 6.45) is 1.27. The molecule has 0 radical (unpaired) electrons. The van der Waals surface area contributed by atoms with Gasteiger partial charge in [-0.15, -0.1) is 0 Å². The molecule has 2 aromatic rings. The van der Waals surface area contributed by atoms with Crippen LogP contribution in [0.1, 0.15) is 12.5 Å². The fourth-order valence-electron chi connectivity index (χ4n) is 2.32. The van der Waals surface area contributed by atoms with Crippen LogP contribution in [0.5, 0.6) is 0 Å². The number of hydrogen-bond acceptors (Lipinski definition) is 4. The summed E-state index contributed by atoms with van der Waals surface area (Å²) in [7, 11) is 1.59. The van der Waals surface area contributed by atoms with E-state index in [1.165, 1.54) is 11.0 Å². The number of nitrogens with zero attached hydrogens (tertiary/aromatic N) is 4. The van der Waals surface area contributed by atoms with E-state index in [-0.39, 0.29) is 5.95 Å². The molecule has 7 nitrogen and oxygen atoms in total. The Labute approximate surface area is 135 Å². The molecule has 1 fully saturated rings. The van der Waals surface area contributed by atoms with Crippen molar-refractivity contribution in [1.82, 2.24) is 20.1 Å². The molecule has 114 valence electrons. The quantitative estimate of drug-likeness (QED) is 0.849. The van der Waals surface area contributed by atoms with Crippen molar-refractivity contribution in [2.24, 2.45) is 7.05 Å². The third-order valence-electron chi connectivity index (χ3n) is 3.58. The van der Waals surface area contributed by atoms with E-state index < -0.39 is 17.5 Å². The van der Waals surface area contributed by atoms with Crippen molar-refractivity contribution >= 4 is 41.1 Å². The number of urea groups is 1. The predicted molar refractivity (Wildman–Crippen MR) is 80.8 cm³/mol. The first-order valence-corrected chi connectivity index (χ1v) is 7.06. The third-order valence-corrected chi connectivity index (χ3v) is 4.31. The van der Waals surface area contributed by atoms with Gasteiger partial charge in [0.05, 0.1) is 10.0 Å². The molecule has 0 bridgehead atoms. The predicted octanol–water partition coefficient (Wildman–Crippen LogP) is 2.09. The van der Waals surface area contributed by atoms with Crippen LogP contribution in [0.3, 0.4) is 0 Å². The number of hydrogen-bond donors (Lipinski definition) is 1. The number of carbonyl (C=O) groups excluding carboxylic acids is 2. The molecular formula is C13H11Cl2N5O2. The molecule has 2 heterocycles. The number of halogens is 2. The average Bonchev–Trinajstić information content (AvgIpc) is 2.96. The number of anilines is 1.